The summed E-state index contributed by atoms with van der Waals surface area (Å²) in [5, 5.41) is 3.29. The number of hydrogen-bond donors (Lipinski definition) is 1. The van der Waals surface area contributed by atoms with E-state index in [0.717, 1.165) is 31.0 Å². The molecule has 0 aliphatic rings. The van der Waals surface area contributed by atoms with Crippen LogP contribution in [0.25, 0.3) is 0 Å². The fourth-order valence-electron chi connectivity index (χ4n) is 1.57. The normalized spacial score (nSPS) is 13.8. The minimum absolute atomic E-state index is 0.285. The Balaban J connectivity index is 2.49. The molecule has 0 amide bonds. The fourth-order valence-corrected chi connectivity index (χ4v) is 1.57. The molecule has 18 heavy (non-hydrogen) atoms. The SMILES string of the molecule is COCCNCc1ncoc1CC(C)C(C)(C)C. The topological polar surface area (TPSA) is 47.3 Å². The highest BCUT2D eigenvalue weighted by Crippen LogP contribution is 2.29. The first kappa shape index (κ1) is 15.2. The van der Waals surface area contributed by atoms with E-state index in [1.807, 2.05) is 0 Å². The third-order valence-electron chi connectivity index (χ3n) is 3.47. The quantitative estimate of drug-likeness (QED) is 0.760. The van der Waals surface area contributed by atoms with Crippen LogP contribution in [0.1, 0.15) is 39.1 Å². The third-order valence-corrected chi connectivity index (χ3v) is 3.47. The van der Waals surface area contributed by atoms with Gasteiger partial charge in [0.25, 0.3) is 0 Å². The molecular formula is C14H26N2O2. The van der Waals surface area contributed by atoms with E-state index >= 15 is 0 Å². The third kappa shape index (κ3) is 4.78. The zero-order valence-corrected chi connectivity index (χ0v) is 12.2. The van der Waals surface area contributed by atoms with E-state index in [0.29, 0.717) is 12.5 Å². The van der Waals surface area contributed by atoms with Gasteiger partial charge in [-0.15, -0.1) is 0 Å². The monoisotopic (exact) mass is 254 g/mol. The van der Waals surface area contributed by atoms with Crippen molar-refractivity contribution >= 4 is 0 Å². The molecule has 0 spiro atoms. The smallest absolute Gasteiger partial charge is 0.181 e. The van der Waals surface area contributed by atoms with Crippen LogP contribution >= 0.6 is 0 Å². The Morgan fingerprint density at radius 1 is 1.44 bits per heavy atom. The standard InChI is InChI=1S/C14H26N2O2/c1-11(14(2,3)4)8-13-12(16-10-18-13)9-15-6-7-17-5/h10-11,15H,6-9H2,1-5H3. The number of nitrogens with zero attached hydrogens (tertiary/aromatic N) is 1. The Morgan fingerprint density at radius 2 is 2.17 bits per heavy atom. The lowest BCUT2D eigenvalue weighted by Gasteiger charge is -2.26. The number of rotatable bonds is 7. The first-order valence-corrected chi connectivity index (χ1v) is 6.56. The average Bonchev–Trinajstić information content (AvgIpc) is 2.71. The summed E-state index contributed by atoms with van der Waals surface area (Å²) in [6.07, 6.45) is 2.48. The molecule has 0 fully saturated rings. The molecule has 1 heterocycles. The highest BCUT2D eigenvalue weighted by molar-refractivity contribution is 5.08. The maximum atomic E-state index is 5.51. The molecule has 0 saturated heterocycles. The second-order valence-corrected chi connectivity index (χ2v) is 5.86. The number of methoxy groups -OCH3 is 1. The van der Waals surface area contributed by atoms with Crippen molar-refractivity contribution in [1.82, 2.24) is 10.3 Å². The van der Waals surface area contributed by atoms with Crippen LogP contribution in [-0.2, 0) is 17.7 Å². The second kappa shape index (κ2) is 6.90. The molecule has 1 aromatic heterocycles. The lowest BCUT2D eigenvalue weighted by molar-refractivity contribution is 0.199. The van der Waals surface area contributed by atoms with E-state index in [-0.39, 0.29) is 5.41 Å². The van der Waals surface area contributed by atoms with Gasteiger partial charge in [-0.2, -0.15) is 0 Å². The molecule has 1 N–H and O–H groups in total. The molecule has 1 unspecified atom stereocenters. The number of aromatic nitrogens is 1. The van der Waals surface area contributed by atoms with Crippen molar-refractivity contribution in [2.24, 2.45) is 11.3 Å². The minimum Gasteiger partial charge on any atom is -0.448 e. The van der Waals surface area contributed by atoms with Crippen molar-refractivity contribution in [3.05, 3.63) is 17.8 Å². The van der Waals surface area contributed by atoms with Gasteiger partial charge in [0.2, 0.25) is 0 Å². The van der Waals surface area contributed by atoms with Gasteiger partial charge < -0.3 is 14.5 Å². The number of nitrogens with one attached hydrogen (secondary N) is 1. The van der Waals surface area contributed by atoms with Crippen LogP contribution in [0.4, 0.5) is 0 Å². The molecule has 4 heteroatoms. The summed E-state index contributed by atoms with van der Waals surface area (Å²) in [5.74, 6) is 1.56. The summed E-state index contributed by atoms with van der Waals surface area (Å²) in [4.78, 5) is 4.28. The highest BCUT2D eigenvalue weighted by Gasteiger charge is 2.22. The summed E-state index contributed by atoms with van der Waals surface area (Å²) >= 11 is 0. The summed E-state index contributed by atoms with van der Waals surface area (Å²) < 4.78 is 10.5. The minimum atomic E-state index is 0.285. The Hall–Kier alpha value is -0.870. The van der Waals surface area contributed by atoms with Crippen LogP contribution in [0, 0.1) is 11.3 Å². The van der Waals surface area contributed by atoms with Gasteiger partial charge in [0.05, 0.1) is 12.3 Å². The van der Waals surface area contributed by atoms with Gasteiger partial charge in [-0.25, -0.2) is 4.98 Å². The van der Waals surface area contributed by atoms with Crippen molar-refractivity contribution in [3.8, 4) is 0 Å². The number of oxazole rings is 1. The molecule has 0 aromatic carbocycles. The summed E-state index contributed by atoms with van der Waals surface area (Å²) in [6, 6.07) is 0. The Bertz CT molecular complexity index is 342. The van der Waals surface area contributed by atoms with E-state index in [1.165, 1.54) is 6.39 Å². The molecular weight excluding hydrogens is 228 g/mol. The van der Waals surface area contributed by atoms with Crippen molar-refractivity contribution in [1.29, 1.82) is 0 Å². The van der Waals surface area contributed by atoms with Gasteiger partial charge in [0.15, 0.2) is 6.39 Å². The predicted molar refractivity (Wildman–Crippen MR) is 72.4 cm³/mol. The van der Waals surface area contributed by atoms with E-state index in [9.17, 15) is 0 Å². The lowest BCUT2D eigenvalue weighted by Crippen LogP contribution is -2.22. The number of hydrogen-bond acceptors (Lipinski definition) is 4. The lowest BCUT2D eigenvalue weighted by atomic mass is 9.79. The molecule has 0 radical (unpaired) electrons. The van der Waals surface area contributed by atoms with Crippen LogP contribution in [0.15, 0.2) is 10.8 Å². The first-order valence-electron chi connectivity index (χ1n) is 6.56. The zero-order chi connectivity index (χ0) is 13.6. The Morgan fingerprint density at radius 3 is 2.78 bits per heavy atom. The first-order chi connectivity index (χ1) is 8.45. The highest BCUT2D eigenvalue weighted by atomic mass is 16.5. The van der Waals surface area contributed by atoms with Crippen LogP contribution < -0.4 is 5.32 Å². The summed E-state index contributed by atoms with van der Waals surface area (Å²) in [7, 11) is 1.70. The zero-order valence-electron chi connectivity index (χ0n) is 12.2. The fraction of sp³-hybridized carbons (Fsp3) is 0.786. The van der Waals surface area contributed by atoms with Crippen molar-refractivity contribution < 1.29 is 9.15 Å². The van der Waals surface area contributed by atoms with Gasteiger partial charge in [0, 0.05) is 26.6 Å². The van der Waals surface area contributed by atoms with E-state index < -0.39 is 0 Å². The maximum Gasteiger partial charge on any atom is 0.181 e. The average molecular weight is 254 g/mol. The molecule has 104 valence electrons. The molecule has 0 aliphatic heterocycles. The predicted octanol–water partition coefficient (Wildman–Crippen LogP) is 2.64. The van der Waals surface area contributed by atoms with E-state index in [4.69, 9.17) is 9.15 Å². The van der Waals surface area contributed by atoms with E-state index in [2.05, 4.69) is 38.0 Å². The molecule has 0 saturated carbocycles. The van der Waals surface area contributed by atoms with E-state index in [1.54, 1.807) is 7.11 Å². The molecule has 1 rings (SSSR count). The van der Waals surface area contributed by atoms with Crippen molar-refractivity contribution in [2.75, 3.05) is 20.3 Å². The van der Waals surface area contributed by atoms with Gasteiger partial charge in [-0.3, -0.25) is 0 Å². The van der Waals surface area contributed by atoms with Crippen molar-refractivity contribution in [3.63, 3.8) is 0 Å². The molecule has 0 bridgehead atoms. The largest absolute Gasteiger partial charge is 0.448 e. The maximum absolute atomic E-state index is 5.51. The Labute approximate surface area is 110 Å². The molecule has 1 aromatic rings. The Kier molecular flexibility index (Phi) is 5.82. The van der Waals surface area contributed by atoms with Crippen LogP contribution in [-0.4, -0.2) is 25.2 Å². The number of ether oxygens (including phenoxy) is 1. The summed E-state index contributed by atoms with van der Waals surface area (Å²) in [5.41, 5.74) is 1.30. The van der Waals surface area contributed by atoms with Crippen LogP contribution in [0.3, 0.4) is 0 Å². The van der Waals surface area contributed by atoms with Crippen molar-refractivity contribution in [2.45, 2.75) is 40.7 Å². The van der Waals surface area contributed by atoms with Gasteiger partial charge in [-0.05, 0) is 11.3 Å². The molecule has 4 nitrogen and oxygen atoms in total. The van der Waals surface area contributed by atoms with Gasteiger partial charge in [-0.1, -0.05) is 27.7 Å². The summed E-state index contributed by atoms with van der Waals surface area (Å²) in [6.45, 7) is 11.3. The van der Waals surface area contributed by atoms with Crippen LogP contribution in [0.2, 0.25) is 0 Å². The molecule has 0 aliphatic carbocycles. The van der Waals surface area contributed by atoms with Crippen LogP contribution in [0.5, 0.6) is 0 Å². The second-order valence-electron chi connectivity index (χ2n) is 5.86. The molecule has 1 atom stereocenters. The van der Waals surface area contributed by atoms with Gasteiger partial charge in [0.1, 0.15) is 5.76 Å². The van der Waals surface area contributed by atoms with Gasteiger partial charge >= 0.3 is 0 Å².